The molecule has 0 spiro atoms. The predicted octanol–water partition coefficient (Wildman–Crippen LogP) is 2.09. The van der Waals surface area contributed by atoms with E-state index in [2.05, 4.69) is 0 Å². The van der Waals surface area contributed by atoms with Crippen LogP contribution in [0.4, 0.5) is 5.69 Å². The highest BCUT2D eigenvalue weighted by atomic mass is 16.4. The van der Waals surface area contributed by atoms with Crippen LogP contribution in [0.1, 0.15) is 26.3 Å². The van der Waals surface area contributed by atoms with Crippen LogP contribution in [-0.2, 0) is 0 Å². The lowest BCUT2D eigenvalue weighted by atomic mass is 9.99. The molecular weight excluding hydrogens is 286 g/mol. The minimum absolute atomic E-state index is 0.0315. The standard InChI is InChI=1S/C16H15NO5/c1-17(2)10-4-6-12(14(19)8-10)15(20)11-5-3-9(16(21)22)7-13(11)18/h3-8,18-19H,1-2H3,(H,21,22). The maximum Gasteiger partial charge on any atom is 0.335 e. The Kier molecular flexibility index (Phi) is 4.03. The molecule has 2 aromatic rings. The van der Waals surface area contributed by atoms with Crippen LogP contribution in [-0.4, -0.2) is 41.2 Å². The van der Waals surface area contributed by atoms with Crippen molar-refractivity contribution in [2.45, 2.75) is 0 Å². The van der Waals surface area contributed by atoms with E-state index in [1.165, 1.54) is 24.3 Å². The van der Waals surface area contributed by atoms with Crippen molar-refractivity contribution >= 4 is 17.4 Å². The highest BCUT2D eigenvalue weighted by Gasteiger charge is 2.19. The van der Waals surface area contributed by atoms with Gasteiger partial charge in [-0.05, 0) is 30.3 Å². The SMILES string of the molecule is CN(C)c1ccc(C(=O)c2ccc(C(=O)O)cc2O)c(O)c1. The fraction of sp³-hybridized carbons (Fsp3) is 0.125. The quantitative estimate of drug-likeness (QED) is 0.748. The molecule has 0 fully saturated rings. The predicted molar refractivity (Wildman–Crippen MR) is 80.9 cm³/mol. The van der Waals surface area contributed by atoms with E-state index in [9.17, 15) is 19.8 Å². The Morgan fingerprint density at radius 1 is 0.909 bits per heavy atom. The third kappa shape index (κ3) is 2.85. The number of hydrogen-bond acceptors (Lipinski definition) is 5. The monoisotopic (exact) mass is 301 g/mol. The van der Waals surface area contributed by atoms with Crippen LogP contribution in [0.2, 0.25) is 0 Å². The highest BCUT2D eigenvalue weighted by Crippen LogP contribution is 2.29. The van der Waals surface area contributed by atoms with Crippen LogP contribution in [0.5, 0.6) is 11.5 Å². The van der Waals surface area contributed by atoms with Gasteiger partial charge < -0.3 is 20.2 Å². The van der Waals surface area contributed by atoms with Gasteiger partial charge in [0.2, 0.25) is 0 Å². The summed E-state index contributed by atoms with van der Waals surface area (Å²) in [7, 11) is 3.60. The van der Waals surface area contributed by atoms with E-state index in [4.69, 9.17) is 5.11 Å². The summed E-state index contributed by atoms with van der Waals surface area (Å²) in [6, 6.07) is 8.00. The Labute approximate surface area is 126 Å². The Bertz CT molecular complexity index is 752. The molecule has 0 atom stereocenters. The first kappa shape index (κ1) is 15.4. The third-order valence-electron chi connectivity index (χ3n) is 3.23. The smallest absolute Gasteiger partial charge is 0.335 e. The average molecular weight is 301 g/mol. The van der Waals surface area contributed by atoms with Gasteiger partial charge in [0.05, 0.1) is 16.7 Å². The van der Waals surface area contributed by atoms with Crippen molar-refractivity contribution in [3.8, 4) is 11.5 Å². The molecule has 2 aromatic carbocycles. The van der Waals surface area contributed by atoms with Gasteiger partial charge in [0.25, 0.3) is 0 Å². The fourth-order valence-electron chi connectivity index (χ4n) is 1.99. The number of anilines is 1. The lowest BCUT2D eigenvalue weighted by Gasteiger charge is -2.14. The van der Waals surface area contributed by atoms with Gasteiger partial charge in [-0.25, -0.2) is 4.79 Å². The number of phenolic OH excluding ortho intramolecular Hbond substituents is 2. The van der Waals surface area contributed by atoms with Gasteiger partial charge in [0.1, 0.15) is 11.5 Å². The van der Waals surface area contributed by atoms with Gasteiger partial charge in [0, 0.05) is 25.8 Å². The van der Waals surface area contributed by atoms with Crippen molar-refractivity contribution in [3.05, 3.63) is 53.1 Å². The van der Waals surface area contributed by atoms with E-state index in [0.29, 0.717) is 0 Å². The molecule has 22 heavy (non-hydrogen) atoms. The number of rotatable bonds is 4. The summed E-state index contributed by atoms with van der Waals surface area (Å²) in [5.41, 5.74) is 0.558. The van der Waals surface area contributed by atoms with Gasteiger partial charge >= 0.3 is 5.97 Å². The molecule has 0 saturated carbocycles. The first-order valence-corrected chi connectivity index (χ1v) is 6.42. The van der Waals surface area contributed by atoms with Crippen LogP contribution < -0.4 is 4.90 Å². The second-order valence-electron chi connectivity index (χ2n) is 4.96. The van der Waals surface area contributed by atoms with Crippen LogP contribution in [0.15, 0.2) is 36.4 Å². The zero-order valence-electron chi connectivity index (χ0n) is 12.1. The lowest BCUT2D eigenvalue weighted by molar-refractivity contribution is 0.0696. The van der Waals surface area contributed by atoms with Gasteiger partial charge in [-0.1, -0.05) is 0 Å². The highest BCUT2D eigenvalue weighted by molar-refractivity contribution is 6.12. The van der Waals surface area contributed by atoms with Gasteiger partial charge in [0.15, 0.2) is 5.78 Å². The number of hydrogen-bond donors (Lipinski definition) is 3. The lowest BCUT2D eigenvalue weighted by Crippen LogP contribution is -2.09. The number of aromatic hydroxyl groups is 2. The molecule has 0 heterocycles. The molecule has 0 saturated heterocycles. The molecular formula is C16H15NO5. The Hall–Kier alpha value is -3.02. The number of carboxylic acid groups (broad SMARTS) is 1. The molecule has 0 aliphatic carbocycles. The molecule has 0 bridgehead atoms. The van der Waals surface area contributed by atoms with E-state index in [1.807, 2.05) is 0 Å². The second kappa shape index (κ2) is 5.77. The van der Waals surface area contributed by atoms with Crippen LogP contribution in [0.25, 0.3) is 0 Å². The fourth-order valence-corrected chi connectivity index (χ4v) is 1.99. The van der Waals surface area contributed by atoms with Crippen LogP contribution in [0.3, 0.4) is 0 Å². The van der Waals surface area contributed by atoms with E-state index in [0.717, 1.165) is 11.8 Å². The molecule has 0 aliphatic heterocycles. The summed E-state index contributed by atoms with van der Waals surface area (Å²) in [5.74, 6) is -2.44. The summed E-state index contributed by atoms with van der Waals surface area (Å²) >= 11 is 0. The van der Waals surface area contributed by atoms with Crippen molar-refractivity contribution in [2.24, 2.45) is 0 Å². The number of nitrogens with zero attached hydrogens (tertiary/aromatic N) is 1. The van der Waals surface area contributed by atoms with Crippen molar-refractivity contribution in [1.29, 1.82) is 0 Å². The molecule has 6 heteroatoms. The molecule has 6 nitrogen and oxygen atoms in total. The number of carbonyl (C=O) groups excluding carboxylic acids is 1. The molecule has 114 valence electrons. The number of phenols is 2. The molecule has 0 aromatic heterocycles. The molecule has 0 unspecified atom stereocenters. The summed E-state index contributed by atoms with van der Waals surface area (Å²) < 4.78 is 0. The first-order chi connectivity index (χ1) is 10.3. The second-order valence-corrected chi connectivity index (χ2v) is 4.96. The van der Waals surface area contributed by atoms with E-state index in [1.54, 1.807) is 25.1 Å². The van der Waals surface area contributed by atoms with Crippen molar-refractivity contribution in [2.75, 3.05) is 19.0 Å². The van der Waals surface area contributed by atoms with E-state index in [-0.39, 0.29) is 22.4 Å². The molecule has 0 aliphatic rings. The van der Waals surface area contributed by atoms with Crippen LogP contribution in [0, 0.1) is 0 Å². The molecule has 0 amide bonds. The summed E-state index contributed by atoms with van der Waals surface area (Å²) in [4.78, 5) is 25.0. The molecule has 0 radical (unpaired) electrons. The molecule has 3 N–H and O–H groups in total. The number of ketones is 1. The Morgan fingerprint density at radius 3 is 1.91 bits per heavy atom. The van der Waals surface area contributed by atoms with E-state index < -0.39 is 17.5 Å². The van der Waals surface area contributed by atoms with Crippen molar-refractivity contribution in [3.63, 3.8) is 0 Å². The largest absolute Gasteiger partial charge is 0.507 e. The van der Waals surface area contributed by atoms with Gasteiger partial charge in [-0.2, -0.15) is 0 Å². The summed E-state index contributed by atoms with van der Waals surface area (Å²) in [6.45, 7) is 0. The minimum atomic E-state index is -1.20. The molecule has 2 rings (SSSR count). The summed E-state index contributed by atoms with van der Waals surface area (Å²) in [6.07, 6.45) is 0. The number of carbonyl (C=O) groups is 2. The van der Waals surface area contributed by atoms with E-state index >= 15 is 0 Å². The van der Waals surface area contributed by atoms with Crippen LogP contribution >= 0.6 is 0 Å². The Balaban J connectivity index is 2.42. The topological polar surface area (TPSA) is 98.1 Å². The number of aromatic carboxylic acids is 1. The number of carboxylic acids is 1. The maximum atomic E-state index is 12.4. The summed E-state index contributed by atoms with van der Waals surface area (Å²) in [5, 5.41) is 28.7. The van der Waals surface area contributed by atoms with Crippen molar-refractivity contribution in [1.82, 2.24) is 0 Å². The first-order valence-electron chi connectivity index (χ1n) is 6.42. The number of benzene rings is 2. The average Bonchev–Trinajstić information content (AvgIpc) is 2.46. The zero-order valence-corrected chi connectivity index (χ0v) is 12.1. The maximum absolute atomic E-state index is 12.4. The van der Waals surface area contributed by atoms with Gasteiger partial charge in [-0.15, -0.1) is 0 Å². The van der Waals surface area contributed by atoms with Gasteiger partial charge in [-0.3, -0.25) is 4.79 Å². The normalized spacial score (nSPS) is 10.3. The zero-order chi connectivity index (χ0) is 16.4. The van der Waals surface area contributed by atoms with Crippen molar-refractivity contribution < 1.29 is 24.9 Å². The minimum Gasteiger partial charge on any atom is -0.507 e. The Morgan fingerprint density at radius 2 is 1.45 bits per heavy atom. The third-order valence-corrected chi connectivity index (χ3v) is 3.23.